The maximum atomic E-state index is 6.22. The zero-order valence-corrected chi connectivity index (χ0v) is 17.8. The molecule has 126 valence electrons. The molecule has 1 aliphatic heterocycles. The highest BCUT2D eigenvalue weighted by Gasteiger charge is 2.45. The second kappa shape index (κ2) is 6.08. The highest BCUT2D eigenvalue weighted by Crippen LogP contribution is 2.39. The van der Waals surface area contributed by atoms with E-state index in [1.807, 2.05) is 0 Å². The average molecular weight is 333 g/mol. The van der Waals surface area contributed by atoms with Gasteiger partial charge in [0.1, 0.15) is 12.2 Å². The van der Waals surface area contributed by atoms with Gasteiger partial charge in [-0.3, -0.25) is 0 Å². The summed E-state index contributed by atoms with van der Waals surface area (Å²) in [6.07, 6.45) is 0.479. The van der Waals surface area contributed by atoms with Crippen LogP contribution in [0.15, 0.2) is 0 Å². The van der Waals surface area contributed by atoms with Gasteiger partial charge in [0.2, 0.25) is 0 Å². The van der Waals surface area contributed by atoms with Crippen LogP contribution in [0, 0.1) is 0 Å². The molecule has 0 aliphatic carbocycles. The molecule has 1 rings (SSSR count). The van der Waals surface area contributed by atoms with Gasteiger partial charge < -0.3 is 13.6 Å². The van der Waals surface area contributed by atoms with Crippen molar-refractivity contribution in [3.63, 3.8) is 0 Å². The normalized spacial score (nSPS) is 24.3. The van der Waals surface area contributed by atoms with Gasteiger partial charge in [0, 0.05) is 0 Å². The lowest BCUT2D eigenvalue weighted by Gasteiger charge is -2.36. The Balaban J connectivity index is 2.34. The minimum Gasteiger partial charge on any atom is -0.414 e. The van der Waals surface area contributed by atoms with Crippen LogP contribution in [0.25, 0.3) is 0 Å². The molecule has 0 aromatic heterocycles. The Morgan fingerprint density at radius 1 is 0.714 bits per heavy atom. The molecule has 1 heterocycles. The summed E-state index contributed by atoms with van der Waals surface area (Å²) in [5.74, 6) is 0. The summed E-state index contributed by atoms with van der Waals surface area (Å²) < 4.78 is 18.2. The fraction of sp³-hybridized carbons (Fsp3) is 1.00. The second-order valence-corrected chi connectivity index (χ2v) is 19.0. The van der Waals surface area contributed by atoms with E-state index in [1.54, 1.807) is 0 Å². The van der Waals surface area contributed by atoms with Crippen molar-refractivity contribution in [2.24, 2.45) is 0 Å². The van der Waals surface area contributed by atoms with Crippen molar-refractivity contribution < 1.29 is 13.6 Å². The van der Waals surface area contributed by atoms with Crippen LogP contribution in [0.5, 0.6) is 0 Å². The Bertz CT molecular complexity index is 320. The molecule has 21 heavy (non-hydrogen) atoms. The van der Waals surface area contributed by atoms with Crippen LogP contribution in [0.3, 0.4) is 0 Å². The molecule has 1 saturated heterocycles. The maximum absolute atomic E-state index is 6.22. The van der Waals surface area contributed by atoms with Crippen molar-refractivity contribution in [2.75, 3.05) is 13.2 Å². The smallest absolute Gasteiger partial charge is 0.192 e. The van der Waals surface area contributed by atoms with Crippen LogP contribution >= 0.6 is 0 Å². The van der Waals surface area contributed by atoms with E-state index >= 15 is 0 Å². The minimum atomic E-state index is -1.66. The van der Waals surface area contributed by atoms with Crippen LogP contribution in [0.1, 0.15) is 41.5 Å². The molecular weight excluding hydrogens is 296 g/mol. The molecule has 1 aliphatic rings. The molecule has 0 spiro atoms. The van der Waals surface area contributed by atoms with Gasteiger partial charge in [-0.05, 0) is 36.3 Å². The third-order valence-corrected chi connectivity index (χ3v) is 14.5. The summed E-state index contributed by atoms with van der Waals surface area (Å²) in [6.45, 7) is 24.2. The standard InChI is InChI=1S/C16H36O3Si2/c1-15(2,3)20(7,8)17-11-13-14(19-13)12-18-21(9,10)16(4,5)6/h13-14H,11-12H2,1-10H3. The van der Waals surface area contributed by atoms with E-state index in [-0.39, 0.29) is 22.3 Å². The van der Waals surface area contributed by atoms with Gasteiger partial charge >= 0.3 is 0 Å². The summed E-state index contributed by atoms with van der Waals surface area (Å²) in [5.41, 5.74) is 0. The zero-order valence-electron chi connectivity index (χ0n) is 15.8. The molecule has 2 atom stereocenters. The predicted molar refractivity (Wildman–Crippen MR) is 95.0 cm³/mol. The number of ether oxygens (including phenoxy) is 1. The van der Waals surface area contributed by atoms with Gasteiger partial charge in [0.05, 0.1) is 13.2 Å². The Morgan fingerprint density at radius 3 is 1.24 bits per heavy atom. The monoisotopic (exact) mass is 332 g/mol. The Hall–Kier alpha value is 0.314. The lowest BCUT2D eigenvalue weighted by Crippen LogP contribution is -2.42. The first-order valence-corrected chi connectivity index (χ1v) is 13.9. The van der Waals surface area contributed by atoms with E-state index in [0.29, 0.717) is 0 Å². The lowest BCUT2D eigenvalue weighted by molar-refractivity contribution is 0.228. The maximum Gasteiger partial charge on any atom is 0.192 e. The van der Waals surface area contributed by atoms with Gasteiger partial charge in [-0.15, -0.1) is 0 Å². The third kappa shape index (κ3) is 5.17. The summed E-state index contributed by atoms with van der Waals surface area (Å²) >= 11 is 0. The molecular formula is C16H36O3Si2. The van der Waals surface area contributed by atoms with Gasteiger partial charge in [0.15, 0.2) is 16.6 Å². The first kappa shape index (κ1) is 19.4. The van der Waals surface area contributed by atoms with E-state index in [2.05, 4.69) is 67.7 Å². The molecule has 0 aromatic carbocycles. The van der Waals surface area contributed by atoms with Crippen LogP contribution in [-0.4, -0.2) is 42.1 Å². The topological polar surface area (TPSA) is 31.0 Å². The van der Waals surface area contributed by atoms with Crippen LogP contribution in [0.4, 0.5) is 0 Å². The summed E-state index contributed by atoms with van der Waals surface area (Å²) in [6, 6.07) is 0. The quantitative estimate of drug-likeness (QED) is 0.517. The highest BCUT2D eigenvalue weighted by atomic mass is 28.4. The Kier molecular flexibility index (Phi) is 5.60. The number of hydrogen-bond acceptors (Lipinski definition) is 3. The number of rotatable bonds is 6. The van der Waals surface area contributed by atoms with Crippen LogP contribution < -0.4 is 0 Å². The largest absolute Gasteiger partial charge is 0.414 e. The van der Waals surface area contributed by atoms with Gasteiger partial charge in [-0.2, -0.15) is 0 Å². The van der Waals surface area contributed by atoms with E-state index < -0.39 is 16.6 Å². The van der Waals surface area contributed by atoms with Crippen LogP contribution in [0.2, 0.25) is 36.3 Å². The fourth-order valence-electron chi connectivity index (χ4n) is 1.49. The molecule has 0 radical (unpaired) electrons. The SMILES string of the molecule is CC(C)(C)[Si](C)(C)OCC1OC1CO[Si](C)(C)C(C)(C)C. The molecule has 3 nitrogen and oxygen atoms in total. The van der Waals surface area contributed by atoms with Crippen molar-refractivity contribution in [3.8, 4) is 0 Å². The first-order valence-electron chi connectivity index (χ1n) is 8.11. The molecule has 0 amide bonds. The van der Waals surface area contributed by atoms with E-state index in [4.69, 9.17) is 13.6 Å². The first-order chi connectivity index (χ1) is 9.17. The number of epoxide rings is 1. The minimum absolute atomic E-state index is 0.240. The Labute approximate surface area is 134 Å². The zero-order chi connectivity index (χ0) is 16.7. The molecule has 2 unspecified atom stereocenters. The third-order valence-electron chi connectivity index (χ3n) is 5.52. The molecule has 5 heteroatoms. The van der Waals surface area contributed by atoms with Crippen molar-refractivity contribution >= 4 is 16.6 Å². The van der Waals surface area contributed by atoms with Crippen molar-refractivity contribution in [2.45, 2.75) is 90.0 Å². The van der Waals surface area contributed by atoms with Crippen molar-refractivity contribution in [3.05, 3.63) is 0 Å². The molecule has 0 saturated carbocycles. The summed E-state index contributed by atoms with van der Waals surface area (Å²) in [5, 5.41) is 0.518. The second-order valence-electron chi connectivity index (χ2n) is 9.36. The summed E-state index contributed by atoms with van der Waals surface area (Å²) in [4.78, 5) is 0. The lowest BCUT2D eigenvalue weighted by atomic mass is 10.2. The van der Waals surface area contributed by atoms with Gasteiger partial charge in [-0.1, -0.05) is 41.5 Å². The van der Waals surface area contributed by atoms with Crippen molar-refractivity contribution in [1.82, 2.24) is 0 Å². The predicted octanol–water partition coefficient (Wildman–Crippen LogP) is 4.80. The Morgan fingerprint density at radius 2 is 1.00 bits per heavy atom. The van der Waals surface area contributed by atoms with E-state index in [0.717, 1.165) is 13.2 Å². The molecule has 0 N–H and O–H groups in total. The highest BCUT2D eigenvalue weighted by molar-refractivity contribution is 6.74. The van der Waals surface area contributed by atoms with Crippen molar-refractivity contribution in [1.29, 1.82) is 0 Å². The van der Waals surface area contributed by atoms with Crippen LogP contribution in [-0.2, 0) is 13.6 Å². The van der Waals surface area contributed by atoms with Gasteiger partial charge in [0.25, 0.3) is 0 Å². The van der Waals surface area contributed by atoms with Gasteiger partial charge in [-0.25, -0.2) is 0 Å². The molecule has 0 aromatic rings. The van der Waals surface area contributed by atoms with E-state index in [9.17, 15) is 0 Å². The fourth-order valence-corrected chi connectivity index (χ4v) is 3.51. The molecule has 0 bridgehead atoms. The summed E-state index contributed by atoms with van der Waals surface area (Å²) in [7, 11) is -3.32. The molecule has 1 fully saturated rings. The average Bonchev–Trinajstić information content (AvgIpc) is 2.99. The number of hydrogen-bond donors (Lipinski definition) is 0. The van der Waals surface area contributed by atoms with E-state index in [1.165, 1.54) is 0 Å².